The van der Waals surface area contributed by atoms with Gasteiger partial charge in [0.1, 0.15) is 0 Å². The van der Waals surface area contributed by atoms with Gasteiger partial charge >= 0.3 is 5.97 Å². The predicted molar refractivity (Wildman–Crippen MR) is 74.1 cm³/mol. The van der Waals surface area contributed by atoms with E-state index in [9.17, 15) is 4.79 Å². The molecule has 18 heavy (non-hydrogen) atoms. The van der Waals surface area contributed by atoms with Gasteiger partial charge in [-0.05, 0) is 37.1 Å². The molecule has 0 fully saturated rings. The second kappa shape index (κ2) is 8.45. The number of carboxylic acids is 1. The van der Waals surface area contributed by atoms with E-state index in [1.165, 1.54) is 11.1 Å². The Kier molecular flexibility index (Phi) is 6.77. The van der Waals surface area contributed by atoms with Gasteiger partial charge in [0.25, 0.3) is 0 Å². The molecule has 0 saturated carbocycles. The third kappa shape index (κ3) is 6.18. The summed E-state index contributed by atoms with van der Waals surface area (Å²) >= 11 is 0. The van der Waals surface area contributed by atoms with Gasteiger partial charge in [-0.3, -0.25) is 9.79 Å². The summed E-state index contributed by atoms with van der Waals surface area (Å²) in [5, 5.41) is 8.52. The summed E-state index contributed by atoms with van der Waals surface area (Å²) in [5.74, 6) is -0.695. The van der Waals surface area contributed by atoms with E-state index in [1.54, 1.807) is 0 Å². The normalized spacial score (nSPS) is 10.2. The molecule has 98 valence electrons. The molecule has 1 aromatic rings. The summed E-state index contributed by atoms with van der Waals surface area (Å²) in [6, 6.07) is 8.42. The molecule has 0 amide bonds. The van der Waals surface area contributed by atoms with E-state index in [-0.39, 0.29) is 0 Å². The lowest BCUT2D eigenvalue weighted by molar-refractivity contribution is -0.137. The lowest BCUT2D eigenvalue weighted by Gasteiger charge is -2.03. The van der Waals surface area contributed by atoms with Gasteiger partial charge < -0.3 is 5.11 Å². The molecule has 1 aromatic carbocycles. The number of unbranched alkanes of at least 4 members (excludes halogenated alkanes) is 3. The molecule has 0 aliphatic heterocycles. The van der Waals surface area contributed by atoms with E-state index in [1.807, 2.05) is 0 Å². The van der Waals surface area contributed by atoms with Crippen LogP contribution in [0.2, 0.25) is 0 Å². The zero-order valence-corrected chi connectivity index (χ0v) is 10.8. The Bertz CT molecular complexity index is 388. The van der Waals surface area contributed by atoms with Crippen LogP contribution in [-0.2, 0) is 17.8 Å². The fourth-order valence-electron chi connectivity index (χ4n) is 1.97. The van der Waals surface area contributed by atoms with E-state index in [0.29, 0.717) is 13.0 Å². The van der Waals surface area contributed by atoms with Crippen LogP contribution in [0.4, 0.5) is 0 Å². The van der Waals surface area contributed by atoms with Crippen LogP contribution in [-0.4, -0.2) is 17.8 Å². The van der Waals surface area contributed by atoms with Crippen molar-refractivity contribution >= 4 is 12.7 Å². The maximum atomic E-state index is 10.3. The summed E-state index contributed by atoms with van der Waals surface area (Å²) in [6.07, 6.45) is 5.34. The zero-order chi connectivity index (χ0) is 13.2. The van der Waals surface area contributed by atoms with Crippen LogP contribution in [0.25, 0.3) is 0 Å². The van der Waals surface area contributed by atoms with Crippen LogP contribution in [0, 0.1) is 0 Å². The van der Waals surface area contributed by atoms with E-state index in [2.05, 4.69) is 36.0 Å². The minimum atomic E-state index is -0.695. The van der Waals surface area contributed by atoms with Crippen LogP contribution in [0.3, 0.4) is 0 Å². The highest BCUT2D eigenvalue weighted by molar-refractivity contribution is 5.66. The monoisotopic (exact) mass is 247 g/mol. The van der Waals surface area contributed by atoms with Crippen molar-refractivity contribution in [2.75, 3.05) is 0 Å². The Hall–Kier alpha value is -1.64. The van der Waals surface area contributed by atoms with Crippen LogP contribution in [0.15, 0.2) is 29.3 Å². The molecule has 0 aliphatic rings. The van der Waals surface area contributed by atoms with Crippen molar-refractivity contribution in [3.05, 3.63) is 35.4 Å². The van der Waals surface area contributed by atoms with Crippen molar-refractivity contribution in [1.29, 1.82) is 0 Å². The van der Waals surface area contributed by atoms with Crippen molar-refractivity contribution < 1.29 is 9.90 Å². The zero-order valence-electron chi connectivity index (χ0n) is 10.8. The fourth-order valence-corrected chi connectivity index (χ4v) is 1.97. The maximum Gasteiger partial charge on any atom is 0.303 e. The minimum absolute atomic E-state index is 0.292. The largest absolute Gasteiger partial charge is 0.481 e. The third-order valence-electron chi connectivity index (χ3n) is 2.89. The number of carboxylic acid groups (broad SMARTS) is 1. The number of nitrogens with zero attached hydrogens (tertiary/aromatic N) is 1. The summed E-state index contributed by atoms with van der Waals surface area (Å²) in [7, 11) is 0. The molecule has 0 radical (unpaired) electrons. The van der Waals surface area contributed by atoms with Gasteiger partial charge in [0, 0.05) is 6.42 Å². The van der Waals surface area contributed by atoms with Crippen molar-refractivity contribution in [2.45, 2.75) is 45.1 Å². The van der Waals surface area contributed by atoms with Crippen molar-refractivity contribution in [1.82, 2.24) is 0 Å². The number of benzene rings is 1. The molecule has 0 saturated heterocycles. The molecule has 1 N–H and O–H groups in total. The quantitative estimate of drug-likeness (QED) is 0.536. The number of hydrogen-bond donors (Lipinski definition) is 1. The first kappa shape index (κ1) is 14.4. The van der Waals surface area contributed by atoms with Gasteiger partial charge in [0.2, 0.25) is 0 Å². The topological polar surface area (TPSA) is 49.7 Å². The molecule has 0 bridgehead atoms. The average Bonchev–Trinajstić information content (AvgIpc) is 2.34. The number of aryl methyl sites for hydroxylation is 1. The predicted octanol–water partition coefficient (Wildman–Crippen LogP) is 3.46. The maximum absolute atomic E-state index is 10.3. The summed E-state index contributed by atoms with van der Waals surface area (Å²) in [6.45, 7) is 4.17. The lowest BCUT2D eigenvalue weighted by atomic mass is 10.0. The van der Waals surface area contributed by atoms with E-state index < -0.39 is 5.97 Å². The van der Waals surface area contributed by atoms with Gasteiger partial charge in [-0.2, -0.15) is 0 Å². The Morgan fingerprint density at radius 1 is 1.17 bits per heavy atom. The first-order chi connectivity index (χ1) is 8.72. The lowest BCUT2D eigenvalue weighted by Crippen LogP contribution is -1.94. The van der Waals surface area contributed by atoms with Crippen LogP contribution in [0.5, 0.6) is 0 Å². The molecular weight excluding hydrogens is 226 g/mol. The molecule has 3 nitrogen and oxygen atoms in total. The van der Waals surface area contributed by atoms with Gasteiger partial charge in [-0.25, -0.2) is 0 Å². The highest BCUT2D eigenvalue weighted by atomic mass is 16.4. The van der Waals surface area contributed by atoms with Crippen LogP contribution >= 0.6 is 0 Å². The van der Waals surface area contributed by atoms with Gasteiger partial charge in [0.15, 0.2) is 0 Å². The molecular formula is C15H21NO2. The van der Waals surface area contributed by atoms with Gasteiger partial charge in [0.05, 0.1) is 6.54 Å². The Labute approximate surface area is 109 Å². The Morgan fingerprint density at radius 3 is 2.61 bits per heavy atom. The van der Waals surface area contributed by atoms with Crippen molar-refractivity contribution in [2.24, 2.45) is 4.99 Å². The van der Waals surface area contributed by atoms with E-state index >= 15 is 0 Å². The fraction of sp³-hybridized carbons (Fsp3) is 0.467. The molecule has 0 unspecified atom stereocenters. The average molecular weight is 247 g/mol. The number of rotatable bonds is 9. The smallest absolute Gasteiger partial charge is 0.303 e. The summed E-state index contributed by atoms with van der Waals surface area (Å²) in [4.78, 5) is 14.2. The first-order valence-electron chi connectivity index (χ1n) is 6.44. The van der Waals surface area contributed by atoms with Crippen LogP contribution < -0.4 is 0 Å². The molecule has 0 atom stereocenters. The molecule has 0 heterocycles. The SMILES string of the molecule is C=NCc1cccc(CCCCCCC(=O)O)c1. The van der Waals surface area contributed by atoms with E-state index in [4.69, 9.17) is 5.11 Å². The Morgan fingerprint density at radius 2 is 1.89 bits per heavy atom. The number of hydrogen-bond acceptors (Lipinski definition) is 2. The Balaban J connectivity index is 2.20. The summed E-state index contributed by atoms with van der Waals surface area (Å²) in [5.41, 5.74) is 2.53. The standard InChI is InChI=1S/C15H21NO2/c1-16-12-14-9-6-8-13(11-14)7-4-2-3-5-10-15(17)18/h6,8-9,11H,1-5,7,10,12H2,(H,17,18). The molecule has 1 rings (SSSR count). The minimum Gasteiger partial charge on any atom is -0.481 e. The number of aliphatic imine (C=N–C) groups is 1. The van der Waals surface area contributed by atoms with Gasteiger partial charge in [-0.1, -0.05) is 37.1 Å². The van der Waals surface area contributed by atoms with Crippen molar-refractivity contribution in [3.8, 4) is 0 Å². The highest BCUT2D eigenvalue weighted by Crippen LogP contribution is 2.11. The molecule has 0 spiro atoms. The summed E-state index contributed by atoms with van der Waals surface area (Å²) < 4.78 is 0. The van der Waals surface area contributed by atoms with Crippen LogP contribution in [0.1, 0.15) is 43.2 Å². The molecule has 0 aliphatic carbocycles. The highest BCUT2D eigenvalue weighted by Gasteiger charge is 1.98. The second-order valence-electron chi connectivity index (χ2n) is 4.51. The number of carbonyl (C=O) groups is 1. The first-order valence-corrected chi connectivity index (χ1v) is 6.44. The second-order valence-corrected chi connectivity index (χ2v) is 4.51. The van der Waals surface area contributed by atoms with E-state index in [0.717, 1.165) is 32.1 Å². The van der Waals surface area contributed by atoms with Gasteiger partial charge in [-0.15, -0.1) is 0 Å². The number of aliphatic carboxylic acids is 1. The molecule has 0 aromatic heterocycles. The molecule has 3 heteroatoms. The van der Waals surface area contributed by atoms with Crippen molar-refractivity contribution in [3.63, 3.8) is 0 Å². The third-order valence-corrected chi connectivity index (χ3v) is 2.89.